The van der Waals surface area contributed by atoms with E-state index >= 15 is 0 Å². The van der Waals surface area contributed by atoms with Gasteiger partial charge < -0.3 is 25.3 Å². The van der Waals surface area contributed by atoms with E-state index in [1.54, 1.807) is 27.7 Å². The summed E-state index contributed by atoms with van der Waals surface area (Å²) in [7, 11) is 1.32. The van der Waals surface area contributed by atoms with Gasteiger partial charge in [0, 0.05) is 10.8 Å². The van der Waals surface area contributed by atoms with Crippen molar-refractivity contribution >= 4 is 6.21 Å². The van der Waals surface area contributed by atoms with Crippen LogP contribution in [0.5, 0.6) is 0 Å². The third-order valence-corrected chi connectivity index (χ3v) is 5.22. The molecule has 0 aromatic rings. The van der Waals surface area contributed by atoms with Crippen molar-refractivity contribution in [2.45, 2.75) is 50.6 Å². The molecule has 6 heteroatoms. The van der Waals surface area contributed by atoms with Gasteiger partial charge in [0.2, 0.25) is 0 Å². The summed E-state index contributed by atoms with van der Waals surface area (Å²) < 4.78 is 0. The van der Waals surface area contributed by atoms with Crippen molar-refractivity contribution in [3.8, 4) is 0 Å². The van der Waals surface area contributed by atoms with Crippen molar-refractivity contribution in [2.75, 3.05) is 7.11 Å². The molecule has 0 spiro atoms. The standard InChI is InChI=1S/C12H21NO5/c1-8(2)7(14)11(8,16)12(17)9(3,4)10(12,15)6-13-18-5/h6-7,14-17H,1-5H3/t7?,10-,11-,12-/m0/s1. The van der Waals surface area contributed by atoms with Crippen LogP contribution in [0.2, 0.25) is 0 Å². The average Bonchev–Trinajstić information content (AvgIpc) is 2.85. The number of hydrogen-bond donors (Lipinski definition) is 4. The zero-order valence-corrected chi connectivity index (χ0v) is 11.3. The summed E-state index contributed by atoms with van der Waals surface area (Å²) in [5.74, 6) is 0. The molecule has 1 unspecified atom stereocenters. The highest BCUT2D eigenvalue weighted by Gasteiger charge is 2.98. The Balaban J connectivity index is 2.44. The van der Waals surface area contributed by atoms with Crippen molar-refractivity contribution < 1.29 is 25.3 Å². The highest BCUT2D eigenvalue weighted by atomic mass is 16.6. The fraction of sp³-hybridized carbons (Fsp3) is 0.917. The topological polar surface area (TPSA) is 103 Å². The van der Waals surface area contributed by atoms with Gasteiger partial charge in [-0.2, -0.15) is 0 Å². The minimum absolute atomic E-state index is 0.885. The van der Waals surface area contributed by atoms with E-state index in [9.17, 15) is 20.4 Å². The Bertz CT molecular complexity index is 421. The Morgan fingerprint density at radius 3 is 1.89 bits per heavy atom. The lowest BCUT2D eigenvalue weighted by Crippen LogP contribution is -2.45. The molecule has 0 bridgehead atoms. The van der Waals surface area contributed by atoms with Crippen molar-refractivity contribution in [1.82, 2.24) is 0 Å². The molecular formula is C12H21NO5. The maximum atomic E-state index is 10.7. The first kappa shape index (κ1) is 13.7. The van der Waals surface area contributed by atoms with Gasteiger partial charge in [-0.1, -0.05) is 32.9 Å². The molecule has 0 aliphatic heterocycles. The van der Waals surface area contributed by atoms with E-state index in [4.69, 9.17) is 0 Å². The molecule has 2 aliphatic rings. The molecule has 4 atom stereocenters. The van der Waals surface area contributed by atoms with Gasteiger partial charge in [0.05, 0.1) is 12.3 Å². The van der Waals surface area contributed by atoms with Crippen LogP contribution in [-0.2, 0) is 4.84 Å². The molecule has 104 valence electrons. The van der Waals surface area contributed by atoms with Gasteiger partial charge >= 0.3 is 0 Å². The average molecular weight is 259 g/mol. The number of hydrogen-bond acceptors (Lipinski definition) is 6. The summed E-state index contributed by atoms with van der Waals surface area (Å²) in [5.41, 5.74) is -7.29. The van der Waals surface area contributed by atoms with Crippen LogP contribution in [0.4, 0.5) is 0 Å². The van der Waals surface area contributed by atoms with Gasteiger partial charge in [-0.05, 0) is 0 Å². The Morgan fingerprint density at radius 2 is 1.56 bits per heavy atom. The molecule has 0 heterocycles. The number of oxime groups is 1. The summed E-state index contributed by atoms with van der Waals surface area (Å²) in [6.07, 6.45) is -0.0224. The zero-order valence-electron chi connectivity index (χ0n) is 11.3. The van der Waals surface area contributed by atoms with Gasteiger partial charge in [0.25, 0.3) is 0 Å². The molecule has 2 fully saturated rings. The predicted molar refractivity (Wildman–Crippen MR) is 63.9 cm³/mol. The molecule has 2 aliphatic carbocycles. The van der Waals surface area contributed by atoms with Gasteiger partial charge in [0.1, 0.15) is 23.9 Å². The van der Waals surface area contributed by atoms with Gasteiger partial charge in [-0.25, -0.2) is 0 Å². The molecule has 2 saturated carbocycles. The molecule has 0 aromatic carbocycles. The number of aliphatic hydroxyl groups excluding tert-OH is 1. The molecule has 0 saturated heterocycles. The Labute approximate surface area is 106 Å². The van der Waals surface area contributed by atoms with Crippen molar-refractivity contribution in [3.05, 3.63) is 0 Å². The highest BCUT2D eigenvalue weighted by molar-refractivity contribution is 5.81. The van der Waals surface area contributed by atoms with Crippen LogP contribution < -0.4 is 0 Å². The number of aliphatic hydroxyl groups is 4. The Morgan fingerprint density at radius 1 is 1.11 bits per heavy atom. The molecular weight excluding hydrogens is 238 g/mol. The van der Waals surface area contributed by atoms with Crippen molar-refractivity contribution in [2.24, 2.45) is 16.0 Å². The summed E-state index contributed by atoms with van der Waals surface area (Å²) in [5, 5.41) is 45.1. The first-order valence-electron chi connectivity index (χ1n) is 5.89. The monoisotopic (exact) mass is 259 g/mol. The number of nitrogens with zero attached hydrogens (tertiary/aromatic N) is 1. The van der Waals surface area contributed by atoms with Crippen molar-refractivity contribution in [1.29, 1.82) is 0 Å². The van der Waals surface area contributed by atoms with Crippen LogP contribution >= 0.6 is 0 Å². The lowest BCUT2D eigenvalue weighted by Gasteiger charge is -2.23. The van der Waals surface area contributed by atoms with E-state index in [-0.39, 0.29) is 0 Å². The Hall–Kier alpha value is -0.690. The second-order valence-corrected chi connectivity index (χ2v) is 6.41. The lowest BCUT2D eigenvalue weighted by atomic mass is 9.93. The molecule has 2 rings (SSSR count). The summed E-state index contributed by atoms with van der Waals surface area (Å²) in [4.78, 5) is 4.51. The third kappa shape index (κ3) is 0.955. The van der Waals surface area contributed by atoms with E-state index in [2.05, 4.69) is 9.99 Å². The second-order valence-electron chi connectivity index (χ2n) is 6.41. The largest absolute Gasteiger partial charge is 0.399 e. The molecule has 4 N–H and O–H groups in total. The van der Waals surface area contributed by atoms with Gasteiger partial charge in [-0.3, -0.25) is 0 Å². The quantitative estimate of drug-likeness (QED) is 0.394. The van der Waals surface area contributed by atoms with E-state index in [1.165, 1.54) is 7.11 Å². The van der Waals surface area contributed by atoms with E-state index in [1.807, 2.05) is 0 Å². The van der Waals surface area contributed by atoms with Crippen LogP contribution in [0.25, 0.3) is 0 Å². The molecule has 0 amide bonds. The summed E-state index contributed by atoms with van der Waals surface area (Å²) >= 11 is 0. The van der Waals surface area contributed by atoms with Crippen LogP contribution in [0.15, 0.2) is 5.16 Å². The second kappa shape index (κ2) is 3.07. The fourth-order valence-electron chi connectivity index (χ4n) is 3.39. The third-order valence-electron chi connectivity index (χ3n) is 5.22. The van der Waals surface area contributed by atoms with Crippen molar-refractivity contribution in [3.63, 3.8) is 0 Å². The molecule has 0 radical (unpaired) electrons. The van der Waals surface area contributed by atoms with Crippen LogP contribution in [0, 0.1) is 10.8 Å². The maximum absolute atomic E-state index is 10.7. The SMILES string of the molecule is CON=C[C@]1(O)C(C)(C)[C@@]1(O)[C@]1(O)C(O)C1(C)C. The van der Waals surface area contributed by atoms with Crippen LogP contribution in [0.1, 0.15) is 27.7 Å². The minimum Gasteiger partial charge on any atom is -0.399 e. The minimum atomic E-state index is -1.86. The van der Waals surface area contributed by atoms with E-state index in [0.717, 1.165) is 6.21 Å². The summed E-state index contributed by atoms with van der Waals surface area (Å²) in [6.45, 7) is 6.48. The van der Waals surface area contributed by atoms with Gasteiger partial charge in [-0.15, -0.1) is 0 Å². The molecule has 6 nitrogen and oxygen atoms in total. The first-order chi connectivity index (χ1) is 7.97. The maximum Gasteiger partial charge on any atom is 0.143 e. The first-order valence-corrected chi connectivity index (χ1v) is 5.89. The van der Waals surface area contributed by atoms with E-state index in [0.29, 0.717) is 0 Å². The lowest BCUT2D eigenvalue weighted by molar-refractivity contribution is -0.0971. The molecule has 18 heavy (non-hydrogen) atoms. The normalized spacial score (nSPS) is 52.4. The van der Waals surface area contributed by atoms with Crippen LogP contribution in [0.3, 0.4) is 0 Å². The fourth-order valence-corrected chi connectivity index (χ4v) is 3.39. The smallest absolute Gasteiger partial charge is 0.143 e. The van der Waals surface area contributed by atoms with E-state index < -0.39 is 33.7 Å². The van der Waals surface area contributed by atoms with Crippen LogP contribution in [-0.4, -0.2) is 56.7 Å². The summed E-state index contributed by atoms with van der Waals surface area (Å²) in [6, 6.07) is 0. The predicted octanol–water partition coefficient (Wildman–Crippen LogP) is -0.748. The Kier molecular flexibility index (Phi) is 2.34. The zero-order chi connectivity index (χ0) is 14.2. The number of rotatable bonds is 3. The highest BCUT2D eigenvalue weighted by Crippen LogP contribution is 2.78. The van der Waals surface area contributed by atoms with Gasteiger partial charge in [0.15, 0.2) is 0 Å². The molecule has 0 aromatic heterocycles.